The van der Waals surface area contributed by atoms with Crippen LogP contribution in [-0.2, 0) is 16.4 Å². The van der Waals surface area contributed by atoms with Crippen LogP contribution in [0.15, 0.2) is 47.4 Å². The van der Waals surface area contributed by atoms with Gasteiger partial charge in [-0.15, -0.1) is 0 Å². The van der Waals surface area contributed by atoms with E-state index in [9.17, 15) is 13.2 Å². The Balaban J connectivity index is 2.33. The van der Waals surface area contributed by atoms with E-state index in [2.05, 4.69) is 11.4 Å². The number of carbonyl (C=O) groups excluding carboxylic acids is 1. The maximum atomic E-state index is 12.9. The molecule has 1 N–H and O–H groups in total. The molecule has 0 spiro atoms. The Morgan fingerprint density at radius 2 is 1.79 bits per heavy atom. The first-order valence-electron chi connectivity index (χ1n) is 8.82. The molecule has 0 atom stereocenters. The second-order valence-corrected chi connectivity index (χ2v) is 7.85. The molecule has 0 aliphatic carbocycles. The van der Waals surface area contributed by atoms with E-state index in [1.54, 1.807) is 38.1 Å². The van der Waals surface area contributed by atoms with E-state index in [1.165, 1.54) is 29.6 Å². The SMILES string of the molecule is CCN(CC)S(=O)(=O)c1cc(C(=O)Nc2ccc(CC#N)cc2)ccc1OC. The van der Waals surface area contributed by atoms with Crippen LogP contribution in [0.25, 0.3) is 0 Å². The van der Waals surface area contributed by atoms with Crippen molar-refractivity contribution in [2.24, 2.45) is 0 Å². The van der Waals surface area contributed by atoms with Gasteiger partial charge in [-0.2, -0.15) is 9.57 Å². The highest BCUT2D eigenvalue weighted by molar-refractivity contribution is 7.89. The van der Waals surface area contributed by atoms with E-state index < -0.39 is 15.9 Å². The summed E-state index contributed by atoms with van der Waals surface area (Å²) in [6.07, 6.45) is 0.291. The van der Waals surface area contributed by atoms with Gasteiger partial charge >= 0.3 is 0 Å². The Morgan fingerprint density at radius 1 is 1.14 bits per heavy atom. The summed E-state index contributed by atoms with van der Waals surface area (Å²) < 4.78 is 32.3. The number of methoxy groups -OCH3 is 1. The zero-order valence-corrected chi connectivity index (χ0v) is 16.9. The summed E-state index contributed by atoms with van der Waals surface area (Å²) in [5, 5.41) is 11.4. The molecule has 0 saturated carbocycles. The number of anilines is 1. The Kier molecular flexibility index (Phi) is 7.15. The van der Waals surface area contributed by atoms with E-state index in [4.69, 9.17) is 10.00 Å². The third kappa shape index (κ3) is 4.68. The molecule has 1 amide bonds. The molecule has 2 aromatic rings. The first kappa shape index (κ1) is 21.4. The summed E-state index contributed by atoms with van der Waals surface area (Å²) in [7, 11) is -2.40. The van der Waals surface area contributed by atoms with E-state index in [0.717, 1.165) is 5.56 Å². The fraction of sp³-hybridized carbons (Fsp3) is 0.300. The molecule has 0 fully saturated rings. The topological polar surface area (TPSA) is 99.5 Å². The minimum absolute atomic E-state index is 0.0456. The molecule has 148 valence electrons. The second kappa shape index (κ2) is 9.35. The fourth-order valence-electron chi connectivity index (χ4n) is 2.72. The highest BCUT2D eigenvalue weighted by atomic mass is 32.2. The van der Waals surface area contributed by atoms with E-state index in [-0.39, 0.29) is 16.2 Å². The molecule has 0 aromatic heterocycles. The lowest BCUT2D eigenvalue weighted by Crippen LogP contribution is -2.31. The number of nitriles is 1. The standard InChI is InChI=1S/C20H23N3O4S/c1-4-23(5-2)28(25,26)19-14-16(8-11-18(19)27-3)20(24)22-17-9-6-15(7-10-17)12-13-21/h6-11,14H,4-5,12H2,1-3H3,(H,22,24). The van der Waals surface area contributed by atoms with Crippen LogP contribution >= 0.6 is 0 Å². The zero-order valence-electron chi connectivity index (χ0n) is 16.1. The summed E-state index contributed by atoms with van der Waals surface area (Å²) in [4.78, 5) is 12.6. The Morgan fingerprint density at radius 3 is 2.32 bits per heavy atom. The largest absolute Gasteiger partial charge is 0.495 e. The number of carbonyl (C=O) groups is 1. The molecule has 7 nitrogen and oxygen atoms in total. The predicted molar refractivity (Wildman–Crippen MR) is 107 cm³/mol. The maximum Gasteiger partial charge on any atom is 0.255 e. The normalized spacial score (nSPS) is 11.1. The average Bonchev–Trinajstić information content (AvgIpc) is 2.69. The van der Waals surface area contributed by atoms with Gasteiger partial charge in [0.2, 0.25) is 10.0 Å². The molecule has 2 aromatic carbocycles. The van der Waals surface area contributed by atoms with Crippen molar-refractivity contribution in [2.75, 3.05) is 25.5 Å². The van der Waals surface area contributed by atoms with Crippen LogP contribution in [-0.4, -0.2) is 38.8 Å². The van der Waals surface area contributed by atoms with Crippen molar-refractivity contribution in [1.82, 2.24) is 4.31 Å². The lowest BCUT2D eigenvalue weighted by Gasteiger charge is -2.20. The fourth-order valence-corrected chi connectivity index (χ4v) is 4.36. The maximum absolute atomic E-state index is 12.9. The third-order valence-electron chi connectivity index (χ3n) is 4.24. The van der Waals surface area contributed by atoms with Crippen LogP contribution in [0.1, 0.15) is 29.8 Å². The van der Waals surface area contributed by atoms with Crippen molar-refractivity contribution in [3.8, 4) is 11.8 Å². The first-order chi connectivity index (χ1) is 13.4. The van der Waals surface area contributed by atoms with Crippen molar-refractivity contribution in [3.63, 3.8) is 0 Å². The lowest BCUT2D eigenvalue weighted by atomic mass is 10.1. The van der Waals surface area contributed by atoms with Crippen LogP contribution in [0.3, 0.4) is 0 Å². The van der Waals surface area contributed by atoms with E-state index in [1.807, 2.05) is 0 Å². The smallest absolute Gasteiger partial charge is 0.255 e. The van der Waals surface area contributed by atoms with Crippen molar-refractivity contribution in [3.05, 3.63) is 53.6 Å². The number of hydrogen-bond donors (Lipinski definition) is 1. The quantitative estimate of drug-likeness (QED) is 0.733. The van der Waals surface area contributed by atoms with Gasteiger partial charge in [0.1, 0.15) is 10.6 Å². The number of rotatable bonds is 8. The van der Waals surface area contributed by atoms with Gasteiger partial charge < -0.3 is 10.1 Å². The minimum Gasteiger partial charge on any atom is -0.495 e. The summed E-state index contributed by atoms with van der Waals surface area (Å²) in [5.41, 5.74) is 1.60. The summed E-state index contributed by atoms with van der Waals surface area (Å²) in [6, 6.07) is 13.3. The number of sulfonamides is 1. The molecule has 0 aliphatic rings. The summed E-state index contributed by atoms with van der Waals surface area (Å²) in [6.45, 7) is 4.13. The highest BCUT2D eigenvalue weighted by Gasteiger charge is 2.26. The molecule has 0 bridgehead atoms. The van der Waals surface area contributed by atoms with E-state index >= 15 is 0 Å². The molecular formula is C20H23N3O4S. The molecule has 28 heavy (non-hydrogen) atoms. The molecule has 0 saturated heterocycles. The Bertz CT molecular complexity index is 976. The number of amides is 1. The Hall–Kier alpha value is -2.89. The first-order valence-corrected chi connectivity index (χ1v) is 10.3. The van der Waals surface area contributed by atoms with Crippen molar-refractivity contribution in [1.29, 1.82) is 5.26 Å². The third-order valence-corrected chi connectivity index (χ3v) is 6.32. The number of benzene rings is 2. The van der Waals surface area contributed by atoms with Crippen LogP contribution in [0.2, 0.25) is 0 Å². The molecular weight excluding hydrogens is 378 g/mol. The van der Waals surface area contributed by atoms with Gasteiger partial charge in [0.15, 0.2) is 0 Å². The molecule has 0 radical (unpaired) electrons. The summed E-state index contributed by atoms with van der Waals surface area (Å²) in [5.74, 6) is -0.254. The van der Waals surface area contributed by atoms with Gasteiger partial charge in [-0.1, -0.05) is 26.0 Å². The number of nitrogens with zero attached hydrogens (tertiary/aromatic N) is 2. The van der Waals surface area contributed by atoms with Gasteiger partial charge in [0.05, 0.1) is 19.6 Å². The van der Waals surface area contributed by atoms with Crippen molar-refractivity contribution in [2.45, 2.75) is 25.2 Å². The lowest BCUT2D eigenvalue weighted by molar-refractivity contribution is 0.102. The van der Waals surface area contributed by atoms with Crippen LogP contribution in [0.4, 0.5) is 5.69 Å². The van der Waals surface area contributed by atoms with Crippen molar-refractivity contribution < 1.29 is 17.9 Å². The number of nitrogens with one attached hydrogen (secondary N) is 1. The van der Waals surface area contributed by atoms with Gasteiger partial charge in [-0.25, -0.2) is 8.42 Å². The van der Waals surface area contributed by atoms with E-state index in [0.29, 0.717) is 25.2 Å². The van der Waals surface area contributed by atoms with Gasteiger partial charge in [0, 0.05) is 24.3 Å². The zero-order chi connectivity index (χ0) is 20.7. The molecule has 2 rings (SSSR count). The van der Waals surface area contributed by atoms with Gasteiger partial charge in [-0.05, 0) is 35.9 Å². The Labute approximate surface area is 165 Å². The molecule has 0 unspecified atom stereocenters. The van der Waals surface area contributed by atoms with Crippen LogP contribution in [0.5, 0.6) is 5.75 Å². The van der Waals surface area contributed by atoms with Gasteiger partial charge in [0.25, 0.3) is 5.91 Å². The van der Waals surface area contributed by atoms with Crippen LogP contribution in [0, 0.1) is 11.3 Å². The monoisotopic (exact) mass is 401 g/mol. The number of ether oxygens (including phenoxy) is 1. The predicted octanol–water partition coefficient (Wildman–Crippen LogP) is 3.04. The molecule has 0 heterocycles. The van der Waals surface area contributed by atoms with Crippen LogP contribution < -0.4 is 10.1 Å². The second-order valence-electron chi connectivity index (χ2n) is 5.94. The number of hydrogen-bond acceptors (Lipinski definition) is 5. The van der Waals surface area contributed by atoms with Gasteiger partial charge in [-0.3, -0.25) is 4.79 Å². The minimum atomic E-state index is -3.79. The molecule has 0 aliphatic heterocycles. The summed E-state index contributed by atoms with van der Waals surface area (Å²) >= 11 is 0. The average molecular weight is 401 g/mol. The van der Waals surface area contributed by atoms with Crippen molar-refractivity contribution >= 4 is 21.6 Å². The molecule has 8 heteroatoms. The highest BCUT2D eigenvalue weighted by Crippen LogP contribution is 2.28.